The van der Waals surface area contributed by atoms with E-state index >= 15 is 0 Å². The predicted octanol–water partition coefficient (Wildman–Crippen LogP) is 3.97. The highest BCUT2D eigenvalue weighted by atomic mass is 79.9. The molecule has 2 rings (SSSR count). The van der Waals surface area contributed by atoms with Crippen molar-refractivity contribution < 1.29 is 4.79 Å². The van der Waals surface area contributed by atoms with Crippen LogP contribution in [-0.4, -0.2) is 24.4 Å². The van der Waals surface area contributed by atoms with Gasteiger partial charge in [0.05, 0.1) is 0 Å². The van der Waals surface area contributed by atoms with E-state index in [0.29, 0.717) is 6.42 Å². The van der Waals surface area contributed by atoms with Gasteiger partial charge in [-0.05, 0) is 41.2 Å². The molecule has 0 fully saturated rings. The summed E-state index contributed by atoms with van der Waals surface area (Å²) in [7, 11) is 2.03. The van der Waals surface area contributed by atoms with Crippen LogP contribution in [-0.2, 0) is 11.3 Å². The molecule has 20 heavy (non-hydrogen) atoms. The first-order valence-electron chi connectivity index (χ1n) is 6.40. The number of rotatable bonds is 6. The summed E-state index contributed by atoms with van der Waals surface area (Å²) >= 11 is 5.17. The largest absolute Gasteiger partial charge is 0.326 e. The van der Waals surface area contributed by atoms with Gasteiger partial charge in [-0.15, -0.1) is 11.3 Å². The fourth-order valence-corrected chi connectivity index (χ4v) is 3.35. The number of para-hydroxylation sites is 1. The van der Waals surface area contributed by atoms with E-state index < -0.39 is 0 Å². The van der Waals surface area contributed by atoms with E-state index in [1.807, 2.05) is 37.4 Å². The zero-order valence-corrected chi connectivity index (χ0v) is 13.7. The summed E-state index contributed by atoms with van der Waals surface area (Å²) in [5.41, 5.74) is 0.849. The van der Waals surface area contributed by atoms with Crippen LogP contribution in [0.2, 0.25) is 0 Å². The molecule has 3 nitrogen and oxygen atoms in total. The zero-order chi connectivity index (χ0) is 14.4. The molecule has 0 radical (unpaired) electrons. The van der Waals surface area contributed by atoms with Crippen LogP contribution in [0.3, 0.4) is 0 Å². The van der Waals surface area contributed by atoms with Gasteiger partial charge in [-0.3, -0.25) is 4.79 Å². The normalized spacial score (nSPS) is 10.8. The number of benzene rings is 1. The lowest BCUT2D eigenvalue weighted by molar-refractivity contribution is -0.116. The van der Waals surface area contributed by atoms with Gasteiger partial charge in [0, 0.05) is 39.9 Å². The van der Waals surface area contributed by atoms with Crippen molar-refractivity contribution in [1.29, 1.82) is 0 Å². The molecule has 0 aliphatic carbocycles. The van der Waals surface area contributed by atoms with Crippen molar-refractivity contribution in [3.05, 3.63) is 51.1 Å². The molecule has 1 aromatic heterocycles. The molecular weight excluding hydrogens is 336 g/mol. The molecule has 0 bridgehead atoms. The van der Waals surface area contributed by atoms with E-state index in [2.05, 4.69) is 37.6 Å². The summed E-state index contributed by atoms with van der Waals surface area (Å²) in [6, 6.07) is 11.7. The molecule has 5 heteroatoms. The van der Waals surface area contributed by atoms with Crippen molar-refractivity contribution in [1.82, 2.24) is 4.90 Å². The van der Waals surface area contributed by atoms with Gasteiger partial charge in [0.2, 0.25) is 5.91 Å². The second-order valence-electron chi connectivity index (χ2n) is 4.63. The lowest BCUT2D eigenvalue weighted by Gasteiger charge is -2.15. The van der Waals surface area contributed by atoms with Crippen molar-refractivity contribution in [3.63, 3.8) is 0 Å². The number of amides is 1. The molecule has 1 N–H and O–H groups in total. The highest BCUT2D eigenvalue weighted by molar-refractivity contribution is 9.10. The van der Waals surface area contributed by atoms with Gasteiger partial charge in [0.15, 0.2) is 0 Å². The van der Waals surface area contributed by atoms with E-state index in [4.69, 9.17) is 0 Å². The Morgan fingerprint density at radius 3 is 2.75 bits per heavy atom. The molecule has 1 amide bonds. The Labute approximate surface area is 131 Å². The first kappa shape index (κ1) is 15.2. The molecule has 0 spiro atoms. The van der Waals surface area contributed by atoms with Crippen LogP contribution in [0, 0.1) is 0 Å². The summed E-state index contributed by atoms with van der Waals surface area (Å²) in [6.45, 7) is 1.61. The fourth-order valence-electron chi connectivity index (χ4n) is 1.82. The molecule has 0 saturated carbocycles. The van der Waals surface area contributed by atoms with Crippen LogP contribution in [0.15, 0.2) is 46.3 Å². The average Bonchev–Trinajstić information content (AvgIpc) is 2.83. The Hall–Kier alpha value is -1.17. The van der Waals surface area contributed by atoms with Crippen molar-refractivity contribution in [2.24, 2.45) is 0 Å². The molecule has 1 heterocycles. The maximum absolute atomic E-state index is 11.8. The SMILES string of the molecule is CN(CCC(=O)Nc1ccccc1)Cc1cc(Br)cs1. The maximum Gasteiger partial charge on any atom is 0.225 e. The number of thiophene rings is 1. The Bertz CT molecular complexity index is 556. The fraction of sp³-hybridized carbons (Fsp3) is 0.267. The minimum Gasteiger partial charge on any atom is -0.326 e. The molecule has 0 atom stereocenters. The van der Waals surface area contributed by atoms with Gasteiger partial charge in [0.25, 0.3) is 0 Å². The summed E-state index contributed by atoms with van der Waals surface area (Å²) < 4.78 is 1.12. The number of halogens is 1. The lowest BCUT2D eigenvalue weighted by atomic mass is 10.3. The van der Waals surface area contributed by atoms with Crippen LogP contribution >= 0.6 is 27.3 Å². The monoisotopic (exact) mass is 352 g/mol. The minimum absolute atomic E-state index is 0.0513. The summed E-state index contributed by atoms with van der Waals surface area (Å²) in [4.78, 5) is 15.3. The van der Waals surface area contributed by atoms with Crippen LogP contribution in [0.25, 0.3) is 0 Å². The first-order valence-corrected chi connectivity index (χ1v) is 8.07. The molecule has 0 aliphatic heterocycles. The number of nitrogens with one attached hydrogen (secondary N) is 1. The van der Waals surface area contributed by atoms with E-state index in [0.717, 1.165) is 23.2 Å². The van der Waals surface area contributed by atoms with Crippen molar-refractivity contribution in [3.8, 4) is 0 Å². The van der Waals surface area contributed by atoms with Crippen LogP contribution in [0.4, 0.5) is 5.69 Å². The van der Waals surface area contributed by atoms with Gasteiger partial charge in [-0.25, -0.2) is 0 Å². The second kappa shape index (κ2) is 7.57. The van der Waals surface area contributed by atoms with Gasteiger partial charge < -0.3 is 10.2 Å². The van der Waals surface area contributed by atoms with E-state index in [-0.39, 0.29) is 5.91 Å². The van der Waals surface area contributed by atoms with Crippen molar-refractivity contribution in [2.45, 2.75) is 13.0 Å². The predicted molar refractivity (Wildman–Crippen MR) is 88.0 cm³/mol. The lowest BCUT2D eigenvalue weighted by Crippen LogP contribution is -2.23. The van der Waals surface area contributed by atoms with Gasteiger partial charge in [-0.2, -0.15) is 0 Å². The maximum atomic E-state index is 11.8. The van der Waals surface area contributed by atoms with Crippen LogP contribution in [0.5, 0.6) is 0 Å². The third-order valence-electron chi connectivity index (χ3n) is 2.83. The molecule has 0 saturated heterocycles. The molecule has 106 valence electrons. The molecule has 0 aliphatic rings. The number of carbonyl (C=O) groups excluding carboxylic acids is 1. The number of nitrogens with zero attached hydrogens (tertiary/aromatic N) is 1. The van der Waals surface area contributed by atoms with E-state index in [1.165, 1.54) is 4.88 Å². The summed E-state index contributed by atoms with van der Waals surface area (Å²) in [5, 5.41) is 4.97. The average molecular weight is 353 g/mol. The molecule has 2 aromatic rings. The highest BCUT2D eigenvalue weighted by Crippen LogP contribution is 2.20. The molecule has 1 aromatic carbocycles. The smallest absolute Gasteiger partial charge is 0.225 e. The Balaban J connectivity index is 1.73. The quantitative estimate of drug-likeness (QED) is 0.852. The topological polar surface area (TPSA) is 32.3 Å². The van der Waals surface area contributed by atoms with Gasteiger partial charge in [-0.1, -0.05) is 18.2 Å². The Morgan fingerprint density at radius 2 is 2.10 bits per heavy atom. The second-order valence-corrected chi connectivity index (χ2v) is 6.54. The van der Waals surface area contributed by atoms with Gasteiger partial charge >= 0.3 is 0 Å². The third-order valence-corrected chi connectivity index (χ3v) is 4.51. The number of carbonyl (C=O) groups is 1. The number of anilines is 1. The first-order chi connectivity index (χ1) is 9.63. The van der Waals surface area contributed by atoms with Crippen LogP contribution < -0.4 is 5.32 Å². The Kier molecular flexibility index (Phi) is 5.76. The van der Waals surface area contributed by atoms with Crippen molar-refractivity contribution >= 4 is 38.9 Å². The number of hydrogen-bond acceptors (Lipinski definition) is 3. The summed E-state index contributed by atoms with van der Waals surface area (Å²) in [5.74, 6) is 0.0513. The Morgan fingerprint density at radius 1 is 1.35 bits per heavy atom. The molecule has 0 unspecified atom stereocenters. The van der Waals surface area contributed by atoms with Gasteiger partial charge in [0.1, 0.15) is 0 Å². The van der Waals surface area contributed by atoms with E-state index in [9.17, 15) is 4.79 Å². The highest BCUT2D eigenvalue weighted by Gasteiger charge is 2.07. The third kappa shape index (κ3) is 5.07. The standard InChI is InChI=1S/C15H17BrN2OS/c1-18(10-14-9-12(16)11-20-14)8-7-15(19)17-13-5-3-2-4-6-13/h2-6,9,11H,7-8,10H2,1H3,(H,17,19). The van der Waals surface area contributed by atoms with Crippen molar-refractivity contribution in [2.75, 3.05) is 18.9 Å². The number of hydrogen-bond donors (Lipinski definition) is 1. The van der Waals surface area contributed by atoms with Crippen LogP contribution in [0.1, 0.15) is 11.3 Å². The zero-order valence-electron chi connectivity index (χ0n) is 11.3. The molecular formula is C15H17BrN2OS. The van der Waals surface area contributed by atoms with E-state index in [1.54, 1.807) is 11.3 Å². The summed E-state index contributed by atoms with van der Waals surface area (Å²) in [6.07, 6.45) is 0.498. The minimum atomic E-state index is 0.0513.